The van der Waals surface area contributed by atoms with Gasteiger partial charge in [0.1, 0.15) is 11.2 Å². The molecule has 1 aromatic heterocycles. The monoisotopic (exact) mass is 273 g/mol. The van der Waals surface area contributed by atoms with Gasteiger partial charge in [-0.2, -0.15) is 0 Å². The third kappa shape index (κ3) is 1.81. The molecule has 20 heavy (non-hydrogen) atoms. The number of para-hydroxylation sites is 1. The second-order valence-corrected chi connectivity index (χ2v) is 3.95. The molecular weight excluding hydrogens is 266 g/mol. The molecule has 2 aromatic rings. The molecule has 1 aliphatic rings. The summed E-state index contributed by atoms with van der Waals surface area (Å²) < 4.78 is 15.2. The van der Waals surface area contributed by atoms with Crippen LogP contribution in [0.2, 0.25) is 0 Å². The molecule has 1 aliphatic heterocycles. The maximum atomic E-state index is 11.7. The van der Waals surface area contributed by atoms with Gasteiger partial charge in [-0.05, 0) is 12.1 Å². The minimum atomic E-state index is -1.09. The van der Waals surface area contributed by atoms with Crippen LogP contribution in [0.5, 0.6) is 11.7 Å². The molecular formula is C13H7NO6. The first-order chi connectivity index (χ1) is 9.56. The van der Waals surface area contributed by atoms with Crippen molar-refractivity contribution in [3.63, 3.8) is 0 Å². The first kappa shape index (κ1) is 12.0. The van der Waals surface area contributed by atoms with Crippen LogP contribution in [0.3, 0.4) is 0 Å². The number of hydrogen-bond acceptors (Lipinski definition) is 6. The summed E-state index contributed by atoms with van der Waals surface area (Å²) in [4.78, 5) is 34.5. The smallest absolute Gasteiger partial charge is 0.351 e. The Bertz CT molecular complexity index is 785. The molecule has 1 amide bonds. The molecule has 0 unspecified atom stereocenters. The van der Waals surface area contributed by atoms with E-state index in [0.717, 1.165) is 0 Å². The summed E-state index contributed by atoms with van der Waals surface area (Å²) in [5.74, 6) is -3.39. The number of hydrogen-bond donors (Lipinski definition) is 1. The van der Waals surface area contributed by atoms with Gasteiger partial charge in [-0.25, -0.2) is 9.59 Å². The molecule has 0 bridgehead atoms. The van der Waals surface area contributed by atoms with Crippen molar-refractivity contribution < 1.29 is 28.3 Å². The normalized spacial score (nSPS) is 17.3. The standard InChI is InChI=1S/C13H7NO6/c14-11(16)7-5-9(15)19-10-6-3-1-2-4-8(6)18-13(10)20-12(7)17/h1-5H,(H2,14,16)/b7-5-. The highest BCUT2D eigenvalue weighted by Crippen LogP contribution is 2.40. The lowest BCUT2D eigenvalue weighted by Crippen LogP contribution is -2.27. The van der Waals surface area contributed by atoms with Crippen LogP contribution in [0.25, 0.3) is 11.0 Å². The van der Waals surface area contributed by atoms with E-state index in [2.05, 4.69) is 0 Å². The topological polar surface area (TPSA) is 109 Å². The van der Waals surface area contributed by atoms with Crippen molar-refractivity contribution in [1.82, 2.24) is 0 Å². The highest BCUT2D eigenvalue weighted by Gasteiger charge is 2.29. The van der Waals surface area contributed by atoms with E-state index in [1.165, 1.54) is 0 Å². The fourth-order valence-corrected chi connectivity index (χ4v) is 1.78. The molecule has 2 heterocycles. The van der Waals surface area contributed by atoms with Crippen molar-refractivity contribution >= 4 is 28.8 Å². The number of nitrogens with two attached hydrogens (primary N) is 1. The van der Waals surface area contributed by atoms with Crippen LogP contribution in [0.1, 0.15) is 0 Å². The van der Waals surface area contributed by atoms with E-state index >= 15 is 0 Å². The SMILES string of the molecule is NC(=O)/C1=C/C(=O)Oc2c(oc3ccccc23)OC1=O. The Balaban J connectivity index is 2.16. The van der Waals surface area contributed by atoms with Gasteiger partial charge < -0.3 is 19.6 Å². The Morgan fingerprint density at radius 1 is 1.10 bits per heavy atom. The van der Waals surface area contributed by atoms with Gasteiger partial charge in [0.05, 0.1) is 5.39 Å². The van der Waals surface area contributed by atoms with Gasteiger partial charge in [-0.3, -0.25) is 4.79 Å². The zero-order valence-electron chi connectivity index (χ0n) is 9.91. The Hall–Kier alpha value is -3.09. The quantitative estimate of drug-likeness (QED) is 0.604. The molecule has 1 aromatic carbocycles. The van der Waals surface area contributed by atoms with Crippen LogP contribution in [0.15, 0.2) is 40.3 Å². The van der Waals surface area contributed by atoms with Gasteiger partial charge in [-0.15, -0.1) is 0 Å². The van der Waals surface area contributed by atoms with E-state index in [4.69, 9.17) is 19.6 Å². The lowest BCUT2D eigenvalue weighted by Gasteiger charge is -2.08. The van der Waals surface area contributed by atoms with Crippen LogP contribution in [-0.2, 0) is 14.4 Å². The average Bonchev–Trinajstić information content (AvgIpc) is 2.72. The lowest BCUT2D eigenvalue weighted by atomic mass is 10.2. The molecule has 7 heteroatoms. The zero-order chi connectivity index (χ0) is 14.3. The van der Waals surface area contributed by atoms with E-state index in [1.54, 1.807) is 24.3 Å². The Kier molecular flexibility index (Phi) is 2.53. The Morgan fingerprint density at radius 2 is 1.85 bits per heavy atom. The number of rotatable bonds is 1. The summed E-state index contributed by atoms with van der Waals surface area (Å²) in [5, 5.41) is 0.472. The fraction of sp³-hybridized carbons (Fsp3) is 0. The summed E-state index contributed by atoms with van der Waals surface area (Å²) >= 11 is 0. The molecule has 0 saturated heterocycles. The van der Waals surface area contributed by atoms with Crippen molar-refractivity contribution in [2.45, 2.75) is 0 Å². The Labute approximate surface area is 111 Å². The van der Waals surface area contributed by atoms with Gasteiger partial charge >= 0.3 is 17.9 Å². The maximum Gasteiger partial charge on any atom is 0.351 e. The molecule has 0 aliphatic carbocycles. The fourth-order valence-electron chi connectivity index (χ4n) is 1.78. The molecule has 3 rings (SSSR count). The average molecular weight is 273 g/mol. The van der Waals surface area contributed by atoms with Crippen molar-refractivity contribution in [3.8, 4) is 11.7 Å². The summed E-state index contributed by atoms with van der Waals surface area (Å²) in [6, 6.07) is 6.66. The van der Waals surface area contributed by atoms with Crippen molar-refractivity contribution in [2.24, 2.45) is 5.73 Å². The molecule has 0 fully saturated rings. The van der Waals surface area contributed by atoms with E-state index in [-0.39, 0.29) is 11.7 Å². The number of furan rings is 1. The number of amides is 1. The first-order valence-corrected chi connectivity index (χ1v) is 5.53. The van der Waals surface area contributed by atoms with Gasteiger partial charge in [-0.1, -0.05) is 12.1 Å². The molecule has 2 N–H and O–H groups in total. The highest BCUT2D eigenvalue weighted by molar-refractivity contribution is 6.19. The highest BCUT2D eigenvalue weighted by atomic mass is 16.6. The second kappa shape index (κ2) is 4.23. The van der Waals surface area contributed by atoms with Crippen LogP contribution in [-0.4, -0.2) is 17.8 Å². The van der Waals surface area contributed by atoms with Crippen LogP contribution < -0.4 is 15.2 Å². The summed E-state index contributed by atoms with van der Waals surface area (Å²) in [6.45, 7) is 0. The summed E-state index contributed by atoms with van der Waals surface area (Å²) in [7, 11) is 0. The van der Waals surface area contributed by atoms with Gasteiger partial charge in [0.15, 0.2) is 0 Å². The Morgan fingerprint density at radius 3 is 2.60 bits per heavy atom. The largest absolute Gasteiger partial charge is 0.422 e. The van der Waals surface area contributed by atoms with E-state index in [9.17, 15) is 14.4 Å². The van der Waals surface area contributed by atoms with Crippen molar-refractivity contribution in [2.75, 3.05) is 0 Å². The van der Waals surface area contributed by atoms with E-state index in [1.807, 2.05) is 0 Å². The van der Waals surface area contributed by atoms with Crippen molar-refractivity contribution in [1.29, 1.82) is 0 Å². The number of ether oxygens (including phenoxy) is 2. The van der Waals surface area contributed by atoms with Gasteiger partial charge in [0.2, 0.25) is 5.75 Å². The number of benzene rings is 1. The zero-order valence-corrected chi connectivity index (χ0v) is 9.91. The minimum absolute atomic E-state index is 0.0151. The van der Waals surface area contributed by atoms with E-state index < -0.39 is 23.4 Å². The minimum Gasteiger partial charge on any atom is -0.422 e. The molecule has 0 radical (unpaired) electrons. The van der Waals surface area contributed by atoms with Crippen LogP contribution in [0.4, 0.5) is 0 Å². The van der Waals surface area contributed by atoms with Crippen molar-refractivity contribution in [3.05, 3.63) is 35.9 Å². The van der Waals surface area contributed by atoms with Gasteiger partial charge in [0, 0.05) is 6.08 Å². The predicted molar refractivity (Wildman–Crippen MR) is 64.8 cm³/mol. The molecule has 0 atom stereocenters. The number of carbonyl (C=O) groups is 3. The third-order valence-corrected chi connectivity index (χ3v) is 2.66. The van der Waals surface area contributed by atoms with Crippen LogP contribution >= 0.6 is 0 Å². The number of primary amides is 1. The van der Waals surface area contributed by atoms with Crippen LogP contribution in [0, 0.1) is 0 Å². The maximum absolute atomic E-state index is 11.7. The number of fused-ring (bicyclic) bond motifs is 3. The first-order valence-electron chi connectivity index (χ1n) is 5.53. The molecule has 100 valence electrons. The lowest BCUT2D eigenvalue weighted by molar-refractivity contribution is -0.136. The number of carbonyl (C=O) groups excluding carboxylic acids is 3. The molecule has 0 spiro atoms. The number of esters is 2. The molecule has 7 nitrogen and oxygen atoms in total. The molecule has 0 saturated carbocycles. The van der Waals surface area contributed by atoms with Gasteiger partial charge in [0.25, 0.3) is 5.91 Å². The second-order valence-electron chi connectivity index (χ2n) is 3.95. The third-order valence-electron chi connectivity index (χ3n) is 2.66. The predicted octanol–water partition coefficient (Wildman–Crippen LogP) is 0.669. The summed E-state index contributed by atoms with van der Waals surface area (Å²) in [5.41, 5.74) is 4.75. The summed E-state index contributed by atoms with van der Waals surface area (Å²) in [6.07, 6.45) is 0.690. The van der Waals surface area contributed by atoms with E-state index in [0.29, 0.717) is 17.0 Å².